The lowest BCUT2D eigenvalue weighted by molar-refractivity contribution is -0.122. The Morgan fingerprint density at radius 3 is 2.17 bits per heavy atom. The first-order valence-corrected chi connectivity index (χ1v) is 11.5. The molecule has 0 unspecified atom stereocenters. The third-order valence-corrected chi connectivity index (χ3v) is 7.30. The van der Waals surface area contributed by atoms with E-state index in [2.05, 4.69) is 25.9 Å². The molecule has 29 heavy (non-hydrogen) atoms. The van der Waals surface area contributed by atoms with Crippen molar-refractivity contribution in [3.05, 3.63) is 53.0 Å². The second-order valence-corrected chi connectivity index (χ2v) is 9.74. The molecule has 1 aromatic heterocycles. The van der Waals surface area contributed by atoms with Gasteiger partial charge in [0.15, 0.2) is 5.82 Å². The molecule has 7 nitrogen and oxygen atoms in total. The molecule has 2 aromatic carbocycles. The fraction of sp³-hybridized carbons (Fsp3) is 0.250. The van der Waals surface area contributed by atoms with E-state index in [1.165, 1.54) is 0 Å². The number of benzene rings is 2. The lowest BCUT2D eigenvalue weighted by atomic mass is 9.96. The number of fused-ring (bicyclic) bond motifs is 1. The van der Waals surface area contributed by atoms with Crippen LogP contribution in [0.15, 0.2) is 62.9 Å². The standard InChI is InChI=1S/C20H19BrN4O3S/c21-14-5-7-15(8-6-14)29(27,28)20-19(23-16-3-1-2-4-17(16)24-20)25-11-9-13(10-12-25)18(22)26/h1-8,13H,9-12H2,(H2,22,26). The SMILES string of the molecule is NC(=O)C1CCN(c2nc3ccccc3nc2S(=O)(=O)c2ccc(Br)cc2)CC1. The van der Waals surface area contributed by atoms with Crippen molar-refractivity contribution in [1.29, 1.82) is 0 Å². The van der Waals surface area contributed by atoms with Gasteiger partial charge in [0.1, 0.15) is 0 Å². The first kappa shape index (κ1) is 19.8. The summed E-state index contributed by atoms with van der Waals surface area (Å²) in [6.45, 7) is 0.979. The van der Waals surface area contributed by atoms with E-state index in [4.69, 9.17) is 5.73 Å². The molecule has 1 aliphatic rings. The van der Waals surface area contributed by atoms with E-state index in [-0.39, 0.29) is 21.7 Å². The zero-order valence-electron chi connectivity index (χ0n) is 15.5. The number of sulfone groups is 1. The van der Waals surface area contributed by atoms with Gasteiger partial charge in [-0.25, -0.2) is 18.4 Å². The number of anilines is 1. The summed E-state index contributed by atoms with van der Waals surface area (Å²) >= 11 is 3.33. The topological polar surface area (TPSA) is 106 Å². The molecule has 0 radical (unpaired) electrons. The molecule has 1 saturated heterocycles. The van der Waals surface area contributed by atoms with Gasteiger partial charge in [-0.05, 0) is 49.2 Å². The Kier molecular flexibility index (Phi) is 5.26. The second-order valence-electron chi connectivity index (χ2n) is 6.96. The quantitative estimate of drug-likeness (QED) is 0.622. The molecular weight excluding hydrogens is 456 g/mol. The van der Waals surface area contributed by atoms with Crippen molar-refractivity contribution in [3.8, 4) is 0 Å². The Labute approximate surface area is 177 Å². The predicted molar refractivity (Wildman–Crippen MR) is 113 cm³/mol. The lowest BCUT2D eigenvalue weighted by Gasteiger charge is -2.32. The van der Waals surface area contributed by atoms with Crippen LogP contribution in [0.4, 0.5) is 5.82 Å². The maximum absolute atomic E-state index is 13.4. The molecule has 0 atom stereocenters. The van der Waals surface area contributed by atoms with Crippen molar-refractivity contribution < 1.29 is 13.2 Å². The molecule has 0 saturated carbocycles. The number of piperidine rings is 1. The number of amides is 1. The highest BCUT2D eigenvalue weighted by atomic mass is 79.9. The molecule has 1 fully saturated rings. The van der Waals surface area contributed by atoms with Gasteiger partial charge in [-0.15, -0.1) is 0 Å². The largest absolute Gasteiger partial charge is 0.369 e. The number of carbonyl (C=O) groups excluding carboxylic acids is 1. The average Bonchev–Trinajstić information content (AvgIpc) is 2.73. The number of para-hydroxylation sites is 2. The number of carbonyl (C=O) groups is 1. The van der Waals surface area contributed by atoms with E-state index in [1.54, 1.807) is 42.5 Å². The molecule has 0 bridgehead atoms. The molecule has 2 N–H and O–H groups in total. The van der Waals surface area contributed by atoms with Crippen molar-refractivity contribution in [3.63, 3.8) is 0 Å². The van der Waals surface area contributed by atoms with E-state index < -0.39 is 9.84 Å². The Hall–Kier alpha value is -2.52. The van der Waals surface area contributed by atoms with Crippen LogP contribution in [-0.2, 0) is 14.6 Å². The highest BCUT2D eigenvalue weighted by molar-refractivity contribution is 9.10. The van der Waals surface area contributed by atoms with Crippen molar-refractivity contribution >= 4 is 48.5 Å². The summed E-state index contributed by atoms with van der Waals surface area (Å²) in [5.41, 5.74) is 6.56. The van der Waals surface area contributed by atoms with Gasteiger partial charge in [0.05, 0.1) is 15.9 Å². The molecule has 0 aliphatic carbocycles. The van der Waals surface area contributed by atoms with Gasteiger partial charge in [-0.2, -0.15) is 0 Å². The van der Waals surface area contributed by atoms with Crippen LogP contribution in [0.25, 0.3) is 11.0 Å². The van der Waals surface area contributed by atoms with Crippen molar-refractivity contribution in [1.82, 2.24) is 9.97 Å². The van der Waals surface area contributed by atoms with Gasteiger partial charge in [0, 0.05) is 23.5 Å². The minimum Gasteiger partial charge on any atom is -0.369 e. The third-order valence-electron chi connectivity index (χ3n) is 5.10. The number of nitrogens with zero attached hydrogens (tertiary/aromatic N) is 3. The molecule has 150 valence electrons. The van der Waals surface area contributed by atoms with Gasteiger partial charge in [0.25, 0.3) is 0 Å². The molecule has 3 aromatic rings. The zero-order valence-corrected chi connectivity index (χ0v) is 17.9. The van der Waals surface area contributed by atoms with Gasteiger partial charge in [-0.3, -0.25) is 4.79 Å². The van der Waals surface area contributed by atoms with Crippen LogP contribution in [-0.4, -0.2) is 37.4 Å². The number of rotatable bonds is 4. The maximum atomic E-state index is 13.4. The van der Waals surface area contributed by atoms with E-state index in [9.17, 15) is 13.2 Å². The minimum absolute atomic E-state index is 0.0731. The van der Waals surface area contributed by atoms with Gasteiger partial charge in [-0.1, -0.05) is 28.1 Å². The molecule has 9 heteroatoms. The van der Waals surface area contributed by atoms with Crippen LogP contribution >= 0.6 is 15.9 Å². The predicted octanol–water partition coefficient (Wildman–Crippen LogP) is 2.93. The molecule has 1 aliphatic heterocycles. The van der Waals surface area contributed by atoms with Gasteiger partial charge in [0.2, 0.25) is 20.8 Å². The summed E-state index contributed by atoms with van der Waals surface area (Å²) in [5.74, 6) is -0.210. The number of hydrogen-bond donors (Lipinski definition) is 1. The Morgan fingerprint density at radius 2 is 1.59 bits per heavy atom. The molecular formula is C20H19BrN4O3S. The van der Waals surface area contributed by atoms with Crippen LogP contribution < -0.4 is 10.6 Å². The molecule has 2 heterocycles. The first-order valence-electron chi connectivity index (χ1n) is 9.18. The van der Waals surface area contributed by atoms with Crippen LogP contribution in [0.3, 0.4) is 0 Å². The normalized spacial score (nSPS) is 15.6. The Bertz CT molecular complexity index is 1170. The van der Waals surface area contributed by atoms with Gasteiger partial charge < -0.3 is 10.6 Å². The lowest BCUT2D eigenvalue weighted by Crippen LogP contribution is -2.39. The Morgan fingerprint density at radius 1 is 1.00 bits per heavy atom. The monoisotopic (exact) mass is 474 g/mol. The summed E-state index contributed by atoms with van der Waals surface area (Å²) in [6.07, 6.45) is 1.11. The van der Waals surface area contributed by atoms with E-state index in [1.807, 2.05) is 11.0 Å². The van der Waals surface area contributed by atoms with Crippen molar-refractivity contribution in [2.45, 2.75) is 22.8 Å². The maximum Gasteiger partial charge on any atom is 0.227 e. The van der Waals surface area contributed by atoms with Gasteiger partial charge >= 0.3 is 0 Å². The minimum atomic E-state index is -3.88. The van der Waals surface area contributed by atoms with Crippen LogP contribution in [0.2, 0.25) is 0 Å². The molecule has 4 rings (SSSR count). The van der Waals surface area contributed by atoms with Crippen LogP contribution in [0.1, 0.15) is 12.8 Å². The fourth-order valence-corrected chi connectivity index (χ4v) is 5.08. The highest BCUT2D eigenvalue weighted by Gasteiger charge is 2.31. The number of primary amides is 1. The summed E-state index contributed by atoms with van der Waals surface area (Å²) in [7, 11) is -3.88. The van der Waals surface area contributed by atoms with E-state index >= 15 is 0 Å². The average molecular weight is 475 g/mol. The Balaban J connectivity index is 1.83. The van der Waals surface area contributed by atoms with Crippen LogP contribution in [0.5, 0.6) is 0 Å². The summed E-state index contributed by atoms with van der Waals surface area (Å²) in [6, 6.07) is 13.6. The second kappa shape index (κ2) is 7.72. The van der Waals surface area contributed by atoms with Crippen molar-refractivity contribution in [2.24, 2.45) is 11.7 Å². The van der Waals surface area contributed by atoms with Crippen molar-refractivity contribution in [2.75, 3.05) is 18.0 Å². The number of hydrogen-bond acceptors (Lipinski definition) is 6. The highest BCUT2D eigenvalue weighted by Crippen LogP contribution is 2.32. The van der Waals surface area contributed by atoms with E-state index in [0.717, 1.165) is 4.47 Å². The molecule has 0 spiro atoms. The van der Waals surface area contributed by atoms with E-state index in [0.29, 0.717) is 42.8 Å². The first-order chi connectivity index (χ1) is 13.9. The number of nitrogens with two attached hydrogens (primary N) is 1. The third kappa shape index (κ3) is 3.84. The van der Waals surface area contributed by atoms with Crippen LogP contribution in [0, 0.1) is 5.92 Å². The summed E-state index contributed by atoms with van der Waals surface area (Å²) in [4.78, 5) is 22.6. The fourth-order valence-electron chi connectivity index (χ4n) is 3.46. The summed E-state index contributed by atoms with van der Waals surface area (Å²) < 4.78 is 27.6. The zero-order chi connectivity index (χ0) is 20.6. The number of halogens is 1. The molecule has 1 amide bonds. The summed E-state index contributed by atoms with van der Waals surface area (Å²) in [5, 5.41) is -0.0731. The number of aromatic nitrogens is 2. The smallest absolute Gasteiger partial charge is 0.227 e.